The van der Waals surface area contributed by atoms with E-state index in [9.17, 15) is 0 Å². The summed E-state index contributed by atoms with van der Waals surface area (Å²) in [4.78, 5) is 4.63. The van der Waals surface area contributed by atoms with Gasteiger partial charge in [0.1, 0.15) is 10.6 Å². The van der Waals surface area contributed by atoms with Crippen LogP contribution in [0.15, 0.2) is 5.38 Å². The minimum absolute atomic E-state index is 0.254. The van der Waals surface area contributed by atoms with Crippen LogP contribution in [0.5, 0.6) is 0 Å². The first-order valence-corrected chi connectivity index (χ1v) is 6.77. The summed E-state index contributed by atoms with van der Waals surface area (Å²) < 4.78 is 5.69. The quantitative estimate of drug-likeness (QED) is 0.746. The molecule has 16 heavy (non-hydrogen) atoms. The summed E-state index contributed by atoms with van der Waals surface area (Å²) in [6.07, 6.45) is 0.993. The van der Waals surface area contributed by atoms with Gasteiger partial charge < -0.3 is 10.1 Å². The molecule has 0 aliphatic rings. The van der Waals surface area contributed by atoms with Gasteiger partial charge in [-0.15, -0.1) is 11.3 Å². The van der Waals surface area contributed by atoms with E-state index in [-0.39, 0.29) is 5.60 Å². The molecule has 0 saturated carbocycles. The maximum absolute atomic E-state index is 5.69. The van der Waals surface area contributed by atoms with Gasteiger partial charge in [0.2, 0.25) is 0 Å². The third-order valence-electron chi connectivity index (χ3n) is 2.38. The van der Waals surface area contributed by atoms with Gasteiger partial charge in [-0.05, 0) is 27.3 Å². The van der Waals surface area contributed by atoms with Gasteiger partial charge in [0, 0.05) is 25.0 Å². The molecule has 0 aromatic carbocycles. The van der Waals surface area contributed by atoms with Crippen molar-refractivity contribution < 1.29 is 4.74 Å². The Morgan fingerprint density at radius 3 is 2.81 bits per heavy atom. The number of rotatable bonds is 7. The Morgan fingerprint density at radius 1 is 1.44 bits per heavy atom. The highest BCUT2D eigenvalue weighted by Gasteiger charge is 2.24. The van der Waals surface area contributed by atoms with Crippen LogP contribution in [0.1, 0.15) is 38.4 Å². The summed E-state index contributed by atoms with van der Waals surface area (Å²) in [7, 11) is 0. The van der Waals surface area contributed by atoms with E-state index < -0.39 is 0 Å². The number of hydrogen-bond donors (Lipinski definition) is 1. The lowest BCUT2D eigenvalue weighted by Crippen LogP contribution is -2.21. The first-order chi connectivity index (χ1) is 7.60. The van der Waals surface area contributed by atoms with Crippen LogP contribution in [0.3, 0.4) is 0 Å². The Balaban J connectivity index is 2.56. The number of thiazole rings is 1. The molecule has 92 valence electrons. The van der Waals surface area contributed by atoms with Crippen LogP contribution < -0.4 is 5.32 Å². The van der Waals surface area contributed by atoms with Crippen molar-refractivity contribution in [3.05, 3.63) is 16.1 Å². The van der Waals surface area contributed by atoms with Crippen LogP contribution in [0.25, 0.3) is 0 Å². The van der Waals surface area contributed by atoms with Gasteiger partial charge in [-0.1, -0.05) is 6.92 Å². The molecule has 0 radical (unpaired) electrons. The van der Waals surface area contributed by atoms with Crippen molar-refractivity contribution in [2.45, 2.75) is 39.7 Å². The summed E-state index contributed by atoms with van der Waals surface area (Å²) in [6, 6.07) is 0. The van der Waals surface area contributed by atoms with Gasteiger partial charge in [-0.25, -0.2) is 4.98 Å². The van der Waals surface area contributed by atoms with Crippen molar-refractivity contribution in [1.82, 2.24) is 10.3 Å². The lowest BCUT2D eigenvalue weighted by molar-refractivity contribution is -0.0142. The van der Waals surface area contributed by atoms with Crippen LogP contribution in [0.4, 0.5) is 0 Å². The van der Waals surface area contributed by atoms with E-state index >= 15 is 0 Å². The maximum atomic E-state index is 5.69. The summed E-state index contributed by atoms with van der Waals surface area (Å²) in [6.45, 7) is 11.0. The lowest BCUT2D eigenvalue weighted by atomic mass is 10.1. The second-order valence-corrected chi connectivity index (χ2v) is 5.05. The van der Waals surface area contributed by atoms with Crippen LogP contribution in [-0.2, 0) is 16.8 Å². The normalized spacial score (nSPS) is 12.0. The molecule has 1 aromatic heterocycles. The van der Waals surface area contributed by atoms with Crippen molar-refractivity contribution in [2.24, 2.45) is 0 Å². The molecule has 0 bridgehead atoms. The smallest absolute Gasteiger partial charge is 0.124 e. The molecule has 0 aliphatic carbocycles. The topological polar surface area (TPSA) is 34.1 Å². The van der Waals surface area contributed by atoms with Crippen LogP contribution in [-0.4, -0.2) is 24.7 Å². The maximum Gasteiger partial charge on any atom is 0.124 e. The molecule has 0 unspecified atom stereocenters. The summed E-state index contributed by atoms with van der Waals surface area (Å²) in [5, 5.41) is 6.51. The number of aromatic nitrogens is 1. The molecular formula is C12H22N2OS. The van der Waals surface area contributed by atoms with E-state index in [1.807, 2.05) is 6.92 Å². The average Bonchev–Trinajstić information content (AvgIpc) is 2.67. The van der Waals surface area contributed by atoms with E-state index in [0.29, 0.717) is 0 Å². The molecule has 1 rings (SSSR count). The zero-order valence-electron chi connectivity index (χ0n) is 10.7. The van der Waals surface area contributed by atoms with E-state index in [2.05, 4.69) is 36.5 Å². The lowest BCUT2D eigenvalue weighted by Gasteiger charge is -2.21. The summed E-state index contributed by atoms with van der Waals surface area (Å²) >= 11 is 1.69. The molecular weight excluding hydrogens is 220 g/mol. The molecule has 1 N–H and O–H groups in total. The largest absolute Gasteiger partial charge is 0.369 e. The van der Waals surface area contributed by atoms with Gasteiger partial charge >= 0.3 is 0 Å². The van der Waals surface area contributed by atoms with E-state index in [1.165, 1.54) is 0 Å². The standard InChI is InChI=1S/C12H22N2OS/c1-5-13-8-7-10-9-16-11(14-10)12(3,4)15-6-2/h9,13H,5-8H2,1-4H3. The second kappa shape index (κ2) is 6.33. The van der Waals surface area contributed by atoms with Crippen molar-refractivity contribution >= 4 is 11.3 Å². The molecule has 1 heterocycles. The SMILES string of the molecule is CCNCCc1csc(C(C)(C)OCC)n1. The number of likely N-dealkylation sites (N-methyl/N-ethyl adjacent to an activating group) is 1. The fourth-order valence-electron chi connectivity index (χ4n) is 1.51. The molecule has 0 aliphatic heterocycles. The Kier molecular flexibility index (Phi) is 5.38. The highest BCUT2D eigenvalue weighted by molar-refractivity contribution is 7.09. The van der Waals surface area contributed by atoms with Gasteiger partial charge in [0.05, 0.1) is 5.69 Å². The minimum atomic E-state index is -0.254. The third-order valence-corrected chi connectivity index (χ3v) is 3.58. The van der Waals surface area contributed by atoms with Crippen LogP contribution in [0.2, 0.25) is 0 Å². The van der Waals surface area contributed by atoms with Crippen LogP contribution >= 0.6 is 11.3 Å². The minimum Gasteiger partial charge on any atom is -0.369 e. The molecule has 0 saturated heterocycles. The number of hydrogen-bond acceptors (Lipinski definition) is 4. The Labute approximate surface area is 102 Å². The zero-order chi connectivity index (χ0) is 12.0. The third kappa shape index (κ3) is 3.85. The Hall–Kier alpha value is -0.450. The van der Waals surface area contributed by atoms with Crippen molar-refractivity contribution in [3.63, 3.8) is 0 Å². The number of nitrogens with zero attached hydrogens (tertiary/aromatic N) is 1. The highest BCUT2D eigenvalue weighted by Crippen LogP contribution is 2.27. The van der Waals surface area contributed by atoms with Crippen LogP contribution in [0, 0.1) is 0 Å². The summed E-state index contributed by atoms with van der Waals surface area (Å²) in [5.74, 6) is 0. The molecule has 3 nitrogen and oxygen atoms in total. The molecule has 0 atom stereocenters. The Bertz CT molecular complexity index is 310. The molecule has 1 aromatic rings. The molecule has 4 heteroatoms. The monoisotopic (exact) mass is 242 g/mol. The van der Waals surface area contributed by atoms with Crippen molar-refractivity contribution in [1.29, 1.82) is 0 Å². The van der Waals surface area contributed by atoms with E-state index in [1.54, 1.807) is 11.3 Å². The second-order valence-electron chi connectivity index (χ2n) is 4.19. The van der Waals surface area contributed by atoms with Gasteiger partial charge in [0.25, 0.3) is 0 Å². The predicted molar refractivity (Wildman–Crippen MR) is 69.0 cm³/mol. The molecule has 0 fully saturated rings. The average molecular weight is 242 g/mol. The van der Waals surface area contributed by atoms with Crippen molar-refractivity contribution in [3.8, 4) is 0 Å². The van der Waals surface area contributed by atoms with Crippen molar-refractivity contribution in [2.75, 3.05) is 19.7 Å². The Morgan fingerprint density at radius 2 is 2.19 bits per heavy atom. The molecule has 0 amide bonds. The van der Waals surface area contributed by atoms with Gasteiger partial charge in [-0.2, -0.15) is 0 Å². The number of ether oxygens (including phenoxy) is 1. The van der Waals surface area contributed by atoms with E-state index in [0.717, 1.165) is 36.8 Å². The summed E-state index contributed by atoms with van der Waals surface area (Å²) in [5.41, 5.74) is 0.907. The first-order valence-electron chi connectivity index (χ1n) is 5.89. The highest BCUT2D eigenvalue weighted by atomic mass is 32.1. The van der Waals surface area contributed by atoms with E-state index in [4.69, 9.17) is 4.74 Å². The fraction of sp³-hybridized carbons (Fsp3) is 0.750. The first kappa shape index (κ1) is 13.6. The predicted octanol–water partition coefficient (Wildman–Crippen LogP) is 2.57. The number of nitrogens with one attached hydrogen (secondary N) is 1. The zero-order valence-corrected chi connectivity index (χ0v) is 11.5. The van der Waals surface area contributed by atoms with Gasteiger partial charge in [0.15, 0.2) is 0 Å². The van der Waals surface area contributed by atoms with Gasteiger partial charge in [-0.3, -0.25) is 0 Å². The fourth-order valence-corrected chi connectivity index (χ4v) is 2.45. The molecule has 0 spiro atoms.